The van der Waals surface area contributed by atoms with Gasteiger partial charge in [0.25, 0.3) is 0 Å². The van der Waals surface area contributed by atoms with Crippen LogP contribution in [0.2, 0.25) is 0 Å². The number of nitrogens with zero attached hydrogens (tertiary/aromatic N) is 3. The van der Waals surface area contributed by atoms with Gasteiger partial charge in [-0.3, -0.25) is 9.59 Å². The lowest BCUT2D eigenvalue weighted by atomic mass is 9.84. The lowest BCUT2D eigenvalue weighted by Crippen LogP contribution is -2.50. The summed E-state index contributed by atoms with van der Waals surface area (Å²) in [6, 6.07) is 0. The van der Waals surface area contributed by atoms with Gasteiger partial charge in [0, 0.05) is 47.9 Å². The Bertz CT molecular complexity index is 550. The summed E-state index contributed by atoms with van der Waals surface area (Å²) in [5, 5.41) is 6.65. The van der Waals surface area contributed by atoms with Crippen LogP contribution in [-0.4, -0.2) is 88.1 Å². The summed E-state index contributed by atoms with van der Waals surface area (Å²) in [5.41, 5.74) is -0.390. The van der Waals surface area contributed by atoms with Crippen LogP contribution in [0.25, 0.3) is 0 Å². The third-order valence-electron chi connectivity index (χ3n) is 5.66. The zero-order chi connectivity index (χ0) is 20.6. The number of ether oxygens (including phenoxy) is 1. The van der Waals surface area contributed by atoms with Crippen LogP contribution in [0.5, 0.6) is 0 Å². The van der Waals surface area contributed by atoms with Crippen LogP contribution >= 0.6 is 0 Å². The fraction of sp³-hybridized carbons (Fsp3) is 0.850. The molecule has 1 unspecified atom stereocenters. The predicted molar refractivity (Wildman–Crippen MR) is 110 cm³/mol. The molecule has 2 rings (SSSR count). The van der Waals surface area contributed by atoms with Gasteiger partial charge in [0.15, 0.2) is 5.96 Å². The molecule has 1 saturated carbocycles. The van der Waals surface area contributed by atoms with E-state index in [9.17, 15) is 9.59 Å². The van der Waals surface area contributed by atoms with Crippen LogP contribution in [0, 0.1) is 5.41 Å². The van der Waals surface area contributed by atoms with Crippen molar-refractivity contribution in [3.63, 3.8) is 0 Å². The molecule has 0 aromatic rings. The van der Waals surface area contributed by atoms with E-state index in [1.807, 2.05) is 14.1 Å². The van der Waals surface area contributed by atoms with Crippen molar-refractivity contribution in [3.05, 3.63) is 0 Å². The molecular weight excluding hydrogens is 358 g/mol. The predicted octanol–water partition coefficient (Wildman–Crippen LogP) is 0.828. The smallest absolute Gasteiger partial charge is 0.243 e. The number of rotatable bonds is 7. The van der Waals surface area contributed by atoms with Gasteiger partial charge in [0.2, 0.25) is 11.8 Å². The number of nitrogens with one attached hydrogen (secondary N) is 2. The summed E-state index contributed by atoms with van der Waals surface area (Å²) in [5.74, 6) is 0.675. The summed E-state index contributed by atoms with van der Waals surface area (Å²) < 4.78 is 5.78. The normalized spacial score (nSPS) is 21.9. The fourth-order valence-electron chi connectivity index (χ4n) is 3.89. The van der Waals surface area contributed by atoms with E-state index in [1.54, 1.807) is 19.0 Å². The number of amides is 2. The van der Waals surface area contributed by atoms with Crippen molar-refractivity contribution in [3.8, 4) is 0 Å². The number of likely N-dealkylation sites (N-methyl/N-ethyl adjacent to an activating group) is 1. The molecule has 0 radical (unpaired) electrons. The van der Waals surface area contributed by atoms with E-state index < -0.39 is 5.41 Å². The molecule has 8 heteroatoms. The molecule has 1 atom stereocenters. The molecule has 2 amide bonds. The van der Waals surface area contributed by atoms with E-state index in [-0.39, 0.29) is 24.5 Å². The minimum Gasteiger partial charge on any atom is -0.376 e. The zero-order valence-corrected chi connectivity index (χ0v) is 17.9. The molecule has 1 saturated heterocycles. The van der Waals surface area contributed by atoms with Crippen molar-refractivity contribution in [2.75, 3.05) is 54.4 Å². The van der Waals surface area contributed by atoms with E-state index in [0.29, 0.717) is 19.0 Å². The molecule has 2 fully saturated rings. The van der Waals surface area contributed by atoms with E-state index in [1.165, 1.54) is 11.3 Å². The lowest BCUT2D eigenvalue weighted by Gasteiger charge is -2.32. The van der Waals surface area contributed by atoms with Gasteiger partial charge in [-0.25, -0.2) is 4.99 Å². The quantitative estimate of drug-likeness (QED) is 0.493. The molecule has 2 aliphatic rings. The Morgan fingerprint density at radius 3 is 2.32 bits per heavy atom. The summed E-state index contributed by atoms with van der Waals surface area (Å²) in [4.78, 5) is 32.4. The Balaban J connectivity index is 2.01. The topological polar surface area (TPSA) is 86.3 Å². The summed E-state index contributed by atoms with van der Waals surface area (Å²) in [7, 11) is 7.06. The molecule has 1 heterocycles. The van der Waals surface area contributed by atoms with Crippen LogP contribution in [0.1, 0.15) is 44.9 Å². The lowest BCUT2D eigenvalue weighted by molar-refractivity contribution is -0.138. The Labute approximate surface area is 169 Å². The third-order valence-corrected chi connectivity index (χ3v) is 5.66. The third kappa shape index (κ3) is 6.36. The number of aliphatic imine (C=N–C) groups is 1. The fourth-order valence-corrected chi connectivity index (χ4v) is 3.89. The maximum absolute atomic E-state index is 12.8. The number of carbonyl (C=O) groups excluding carboxylic acids is 2. The second-order valence-corrected chi connectivity index (χ2v) is 8.36. The first-order valence-electron chi connectivity index (χ1n) is 10.4. The largest absolute Gasteiger partial charge is 0.376 e. The molecule has 0 aromatic heterocycles. The number of hydrogen-bond acceptors (Lipinski definition) is 4. The Morgan fingerprint density at radius 2 is 1.75 bits per heavy atom. The van der Waals surface area contributed by atoms with Crippen LogP contribution in [0.3, 0.4) is 0 Å². The van der Waals surface area contributed by atoms with Gasteiger partial charge in [-0.05, 0) is 32.1 Å². The van der Waals surface area contributed by atoms with Crippen molar-refractivity contribution >= 4 is 17.8 Å². The highest BCUT2D eigenvalue weighted by atomic mass is 16.5. The van der Waals surface area contributed by atoms with E-state index in [0.717, 1.165) is 45.1 Å². The van der Waals surface area contributed by atoms with Crippen molar-refractivity contribution in [1.29, 1.82) is 0 Å². The van der Waals surface area contributed by atoms with Gasteiger partial charge in [-0.1, -0.05) is 12.8 Å². The van der Waals surface area contributed by atoms with Crippen molar-refractivity contribution < 1.29 is 14.3 Å². The average Bonchev–Trinajstić information content (AvgIpc) is 3.17. The maximum Gasteiger partial charge on any atom is 0.243 e. The number of carbonyl (C=O) groups is 2. The summed E-state index contributed by atoms with van der Waals surface area (Å²) in [6.45, 7) is 2.04. The molecule has 0 bridgehead atoms. The number of hydrogen-bond donors (Lipinski definition) is 2. The van der Waals surface area contributed by atoms with E-state index in [4.69, 9.17) is 4.74 Å². The Morgan fingerprint density at radius 1 is 1.04 bits per heavy atom. The minimum atomic E-state index is -0.390. The molecule has 1 aliphatic carbocycles. The first kappa shape index (κ1) is 22.5. The van der Waals surface area contributed by atoms with Crippen molar-refractivity contribution in [2.45, 2.75) is 51.0 Å². The first-order chi connectivity index (χ1) is 13.3. The monoisotopic (exact) mass is 395 g/mol. The Hall–Kier alpha value is -1.83. The van der Waals surface area contributed by atoms with Gasteiger partial charge < -0.3 is 25.2 Å². The molecule has 2 N–H and O–H groups in total. The van der Waals surface area contributed by atoms with Gasteiger partial charge >= 0.3 is 0 Å². The molecular formula is C20H37N5O3. The SMILES string of the molecule is CN(C)C(=O)CN=C(NCC1CCCCO1)NCC1(C(=O)N(C)C)CCCC1. The van der Waals surface area contributed by atoms with Gasteiger partial charge in [-0.15, -0.1) is 0 Å². The minimum absolute atomic E-state index is 0.0602. The molecule has 0 spiro atoms. The highest BCUT2D eigenvalue weighted by Gasteiger charge is 2.42. The van der Waals surface area contributed by atoms with Crippen LogP contribution in [0.4, 0.5) is 0 Å². The molecule has 0 aromatic carbocycles. The summed E-state index contributed by atoms with van der Waals surface area (Å²) >= 11 is 0. The van der Waals surface area contributed by atoms with Crippen LogP contribution < -0.4 is 10.6 Å². The second kappa shape index (κ2) is 10.6. The Kier molecular flexibility index (Phi) is 8.54. The standard InChI is InChI=1S/C20H37N5O3/c1-24(2)17(26)14-22-19(21-13-16-9-5-8-12-28-16)23-15-20(10-6-7-11-20)18(27)25(3)4/h16H,5-15H2,1-4H3,(H2,21,22,23). The second-order valence-electron chi connectivity index (χ2n) is 8.36. The van der Waals surface area contributed by atoms with Gasteiger partial charge in [0.1, 0.15) is 6.54 Å². The van der Waals surface area contributed by atoms with Gasteiger partial charge in [-0.2, -0.15) is 0 Å². The maximum atomic E-state index is 12.8. The molecule has 1 aliphatic heterocycles. The summed E-state index contributed by atoms with van der Waals surface area (Å²) in [6.07, 6.45) is 7.37. The van der Waals surface area contributed by atoms with Crippen LogP contribution in [-0.2, 0) is 14.3 Å². The molecule has 8 nitrogen and oxygen atoms in total. The average molecular weight is 396 g/mol. The van der Waals surface area contributed by atoms with Gasteiger partial charge in [0.05, 0.1) is 11.5 Å². The van der Waals surface area contributed by atoms with Crippen molar-refractivity contribution in [1.82, 2.24) is 20.4 Å². The van der Waals surface area contributed by atoms with Crippen molar-refractivity contribution in [2.24, 2.45) is 10.4 Å². The first-order valence-corrected chi connectivity index (χ1v) is 10.4. The molecule has 160 valence electrons. The highest BCUT2D eigenvalue weighted by molar-refractivity contribution is 5.86. The van der Waals surface area contributed by atoms with E-state index in [2.05, 4.69) is 15.6 Å². The van der Waals surface area contributed by atoms with Crippen LogP contribution in [0.15, 0.2) is 4.99 Å². The number of guanidine groups is 1. The van der Waals surface area contributed by atoms with E-state index >= 15 is 0 Å². The zero-order valence-electron chi connectivity index (χ0n) is 17.9. The highest BCUT2D eigenvalue weighted by Crippen LogP contribution is 2.38. The molecule has 28 heavy (non-hydrogen) atoms.